The Labute approximate surface area is 156 Å². The topological polar surface area (TPSA) is 107 Å². The number of H-pyrrole nitrogens is 1. The van der Waals surface area contributed by atoms with Crippen LogP contribution in [0.2, 0.25) is 0 Å². The van der Waals surface area contributed by atoms with Crippen LogP contribution in [0.25, 0.3) is 11.1 Å². The van der Waals surface area contributed by atoms with Crippen LogP contribution in [0.4, 0.5) is 0 Å². The van der Waals surface area contributed by atoms with Crippen molar-refractivity contribution in [2.45, 2.75) is 25.2 Å². The average Bonchev–Trinajstić information content (AvgIpc) is 3.26. The second-order valence-electron chi connectivity index (χ2n) is 6.30. The molecule has 0 saturated heterocycles. The standard InChI is InChI=1S/C20H21N3O4/c1-20(19(25)23-26,18(24)17-11-21-13-22-17)27-12-14-7-9-16(10-8-14)15-5-3-2-4-6-15/h2-11,13,18,24,26H,12H2,1H3,(H,21,22)(H,23,25)/t18-,20-/m0/s1. The molecule has 3 aromatic rings. The van der Waals surface area contributed by atoms with Gasteiger partial charge in [0.05, 0.1) is 18.6 Å². The van der Waals surface area contributed by atoms with Crippen molar-refractivity contribution in [3.8, 4) is 11.1 Å². The van der Waals surface area contributed by atoms with Crippen molar-refractivity contribution in [1.82, 2.24) is 15.4 Å². The van der Waals surface area contributed by atoms with Gasteiger partial charge in [-0.25, -0.2) is 10.5 Å². The summed E-state index contributed by atoms with van der Waals surface area (Å²) in [5, 5.41) is 19.6. The average molecular weight is 367 g/mol. The lowest BCUT2D eigenvalue weighted by atomic mass is 9.95. The minimum absolute atomic E-state index is 0.0699. The summed E-state index contributed by atoms with van der Waals surface area (Å²) in [6.45, 7) is 1.47. The van der Waals surface area contributed by atoms with Gasteiger partial charge in [0.15, 0.2) is 5.60 Å². The maximum Gasteiger partial charge on any atom is 0.278 e. The SMILES string of the molecule is C[C@@](OCc1ccc(-c2ccccc2)cc1)(C(=O)NO)[C@@H](O)c1c[nH]cn1. The number of aromatic amines is 1. The molecule has 0 aliphatic heterocycles. The Hall–Kier alpha value is -3.00. The van der Waals surface area contributed by atoms with Crippen molar-refractivity contribution in [2.75, 3.05) is 0 Å². The first kappa shape index (κ1) is 18.8. The number of benzene rings is 2. The number of amides is 1. The quantitative estimate of drug-likeness (QED) is 0.379. The van der Waals surface area contributed by atoms with Crippen LogP contribution in [0.3, 0.4) is 0 Å². The summed E-state index contributed by atoms with van der Waals surface area (Å²) in [5.41, 5.74) is 3.05. The molecule has 0 bridgehead atoms. The number of aliphatic hydroxyl groups is 1. The normalized spacial score (nSPS) is 14.3. The number of hydrogen-bond donors (Lipinski definition) is 4. The number of nitrogens with zero attached hydrogens (tertiary/aromatic N) is 1. The molecule has 0 saturated carbocycles. The summed E-state index contributed by atoms with van der Waals surface area (Å²) in [7, 11) is 0. The lowest BCUT2D eigenvalue weighted by molar-refractivity contribution is -0.174. The number of ether oxygens (including phenoxy) is 1. The van der Waals surface area contributed by atoms with E-state index < -0.39 is 17.6 Å². The fourth-order valence-electron chi connectivity index (χ4n) is 2.74. The minimum atomic E-state index is -1.72. The number of rotatable bonds is 7. The molecule has 1 heterocycles. The minimum Gasteiger partial charge on any atom is -0.383 e. The first-order chi connectivity index (χ1) is 13.0. The number of carbonyl (C=O) groups is 1. The molecule has 27 heavy (non-hydrogen) atoms. The van der Waals surface area contributed by atoms with Gasteiger partial charge in [-0.15, -0.1) is 0 Å². The fraction of sp³-hybridized carbons (Fsp3) is 0.200. The van der Waals surface area contributed by atoms with Crippen LogP contribution in [0.5, 0.6) is 0 Å². The molecule has 2 atom stereocenters. The highest BCUT2D eigenvalue weighted by Crippen LogP contribution is 2.30. The Bertz CT molecular complexity index is 866. The van der Waals surface area contributed by atoms with Gasteiger partial charge >= 0.3 is 0 Å². The maximum absolute atomic E-state index is 12.1. The van der Waals surface area contributed by atoms with Crippen LogP contribution < -0.4 is 5.48 Å². The van der Waals surface area contributed by atoms with Crippen LogP contribution in [0, 0.1) is 0 Å². The molecule has 4 N–H and O–H groups in total. The summed E-state index contributed by atoms with van der Waals surface area (Å²) in [5.74, 6) is -0.862. The van der Waals surface area contributed by atoms with Gasteiger partial charge in [0.25, 0.3) is 5.91 Å². The van der Waals surface area contributed by atoms with Crippen molar-refractivity contribution in [2.24, 2.45) is 0 Å². The summed E-state index contributed by atoms with van der Waals surface area (Å²) >= 11 is 0. The van der Waals surface area contributed by atoms with Crippen molar-refractivity contribution < 1.29 is 19.8 Å². The van der Waals surface area contributed by atoms with E-state index in [-0.39, 0.29) is 12.3 Å². The monoisotopic (exact) mass is 367 g/mol. The van der Waals surface area contributed by atoms with E-state index in [1.807, 2.05) is 54.6 Å². The maximum atomic E-state index is 12.1. The summed E-state index contributed by atoms with van der Waals surface area (Å²) < 4.78 is 5.72. The van der Waals surface area contributed by atoms with E-state index in [1.165, 1.54) is 19.4 Å². The molecule has 0 unspecified atom stereocenters. The van der Waals surface area contributed by atoms with Gasteiger partial charge in [-0.3, -0.25) is 10.0 Å². The highest BCUT2D eigenvalue weighted by Gasteiger charge is 2.43. The number of hydroxylamine groups is 1. The molecule has 2 aromatic carbocycles. The largest absolute Gasteiger partial charge is 0.383 e. The summed E-state index contributed by atoms with van der Waals surface area (Å²) in [4.78, 5) is 18.8. The van der Waals surface area contributed by atoms with Crippen molar-refractivity contribution >= 4 is 5.91 Å². The molecule has 1 aromatic heterocycles. The lowest BCUT2D eigenvalue weighted by Gasteiger charge is -2.31. The van der Waals surface area contributed by atoms with E-state index in [4.69, 9.17) is 9.94 Å². The molecule has 0 aliphatic rings. The number of aliphatic hydroxyl groups excluding tert-OH is 1. The zero-order chi connectivity index (χ0) is 19.3. The van der Waals surface area contributed by atoms with E-state index in [9.17, 15) is 9.90 Å². The van der Waals surface area contributed by atoms with E-state index in [2.05, 4.69) is 9.97 Å². The Morgan fingerprint density at radius 2 is 1.85 bits per heavy atom. The first-order valence-electron chi connectivity index (χ1n) is 8.44. The van der Waals surface area contributed by atoms with Gasteiger partial charge in [-0.05, 0) is 23.6 Å². The molecule has 7 heteroatoms. The smallest absolute Gasteiger partial charge is 0.278 e. The lowest BCUT2D eigenvalue weighted by Crippen LogP contribution is -2.50. The van der Waals surface area contributed by atoms with Gasteiger partial charge in [0, 0.05) is 6.20 Å². The number of imidazole rings is 1. The molecule has 3 rings (SSSR count). The molecule has 0 spiro atoms. The summed E-state index contributed by atoms with van der Waals surface area (Å²) in [6, 6.07) is 17.7. The molecular weight excluding hydrogens is 346 g/mol. The van der Waals surface area contributed by atoms with Crippen molar-refractivity contribution in [3.63, 3.8) is 0 Å². The fourth-order valence-corrected chi connectivity index (χ4v) is 2.74. The molecule has 140 valence electrons. The van der Waals surface area contributed by atoms with Crippen LogP contribution in [-0.2, 0) is 16.1 Å². The third kappa shape index (κ3) is 4.06. The van der Waals surface area contributed by atoms with E-state index in [0.717, 1.165) is 16.7 Å². The Balaban J connectivity index is 1.75. The third-order valence-corrected chi connectivity index (χ3v) is 4.47. The van der Waals surface area contributed by atoms with Gasteiger partial charge in [0.2, 0.25) is 0 Å². The molecule has 7 nitrogen and oxygen atoms in total. The Morgan fingerprint density at radius 1 is 1.19 bits per heavy atom. The molecular formula is C20H21N3O4. The molecule has 0 aliphatic carbocycles. The van der Waals surface area contributed by atoms with E-state index in [0.29, 0.717) is 0 Å². The van der Waals surface area contributed by atoms with E-state index in [1.54, 1.807) is 5.48 Å². The zero-order valence-corrected chi connectivity index (χ0v) is 14.8. The third-order valence-electron chi connectivity index (χ3n) is 4.47. The van der Waals surface area contributed by atoms with Crippen LogP contribution in [0.1, 0.15) is 24.3 Å². The zero-order valence-electron chi connectivity index (χ0n) is 14.8. The van der Waals surface area contributed by atoms with Crippen LogP contribution in [0.15, 0.2) is 67.1 Å². The van der Waals surface area contributed by atoms with Crippen LogP contribution in [-0.4, -0.2) is 31.8 Å². The second kappa shape index (κ2) is 8.13. The number of aromatic nitrogens is 2. The highest BCUT2D eigenvalue weighted by molar-refractivity contribution is 5.84. The molecule has 1 amide bonds. The Kier molecular flexibility index (Phi) is 5.66. The van der Waals surface area contributed by atoms with E-state index >= 15 is 0 Å². The second-order valence-corrected chi connectivity index (χ2v) is 6.30. The van der Waals surface area contributed by atoms with Crippen molar-refractivity contribution in [1.29, 1.82) is 0 Å². The Morgan fingerprint density at radius 3 is 2.44 bits per heavy atom. The highest BCUT2D eigenvalue weighted by atomic mass is 16.5. The van der Waals surface area contributed by atoms with Gasteiger partial charge in [-0.2, -0.15) is 0 Å². The molecule has 0 fully saturated rings. The summed E-state index contributed by atoms with van der Waals surface area (Å²) in [6.07, 6.45) is 1.49. The molecule has 0 radical (unpaired) electrons. The number of nitrogens with one attached hydrogen (secondary N) is 2. The van der Waals surface area contributed by atoms with Gasteiger partial charge < -0.3 is 14.8 Å². The van der Waals surface area contributed by atoms with Crippen LogP contribution >= 0.6 is 0 Å². The van der Waals surface area contributed by atoms with Crippen molar-refractivity contribution in [3.05, 3.63) is 78.4 Å². The number of hydrogen-bond acceptors (Lipinski definition) is 5. The number of carbonyl (C=O) groups excluding carboxylic acids is 1. The first-order valence-corrected chi connectivity index (χ1v) is 8.44. The predicted octanol–water partition coefficient (Wildman–Crippen LogP) is 2.59. The van der Waals surface area contributed by atoms with Gasteiger partial charge in [0.1, 0.15) is 6.10 Å². The predicted molar refractivity (Wildman–Crippen MR) is 98.5 cm³/mol. The van der Waals surface area contributed by atoms with Gasteiger partial charge in [-0.1, -0.05) is 54.6 Å².